The van der Waals surface area contributed by atoms with Crippen molar-refractivity contribution in [2.24, 2.45) is 7.05 Å². The third-order valence-electron chi connectivity index (χ3n) is 2.77. The molecule has 2 aromatic heterocycles. The van der Waals surface area contributed by atoms with Gasteiger partial charge in [0.05, 0.1) is 18.7 Å². The summed E-state index contributed by atoms with van der Waals surface area (Å²) in [5.41, 5.74) is 2.34. The molecular formula is C10H13N3O. The van der Waals surface area contributed by atoms with Gasteiger partial charge in [-0.15, -0.1) is 5.10 Å². The van der Waals surface area contributed by atoms with Crippen molar-refractivity contribution in [2.45, 2.75) is 13.8 Å². The lowest BCUT2D eigenvalue weighted by molar-refractivity contribution is 0.397. The van der Waals surface area contributed by atoms with Crippen LogP contribution in [0.2, 0.25) is 0 Å². The van der Waals surface area contributed by atoms with Gasteiger partial charge in [-0.3, -0.25) is 0 Å². The molecule has 14 heavy (non-hydrogen) atoms. The molecule has 0 fully saturated rings. The fourth-order valence-corrected chi connectivity index (χ4v) is 1.74. The standard InChI is InChI=1S/C10H13N3O/c1-6-8-5-11-12-10(14-4)9(8)7(2)13(6)3/h5H,1-4H3. The Labute approximate surface area is 82.5 Å². The van der Waals surface area contributed by atoms with E-state index in [1.807, 2.05) is 7.05 Å². The van der Waals surface area contributed by atoms with E-state index < -0.39 is 0 Å². The number of fused-ring (bicyclic) bond motifs is 1. The summed E-state index contributed by atoms with van der Waals surface area (Å²) in [5.74, 6) is 0.601. The van der Waals surface area contributed by atoms with Gasteiger partial charge in [-0.05, 0) is 13.8 Å². The molecule has 0 aliphatic carbocycles. The van der Waals surface area contributed by atoms with Gasteiger partial charge in [0.15, 0.2) is 0 Å². The summed E-state index contributed by atoms with van der Waals surface area (Å²) in [6, 6.07) is 0. The van der Waals surface area contributed by atoms with Crippen LogP contribution in [0.15, 0.2) is 6.20 Å². The average molecular weight is 191 g/mol. The summed E-state index contributed by atoms with van der Waals surface area (Å²) in [5, 5.41) is 10.0. The van der Waals surface area contributed by atoms with Gasteiger partial charge in [-0.2, -0.15) is 5.10 Å². The Morgan fingerprint density at radius 2 is 2.00 bits per heavy atom. The van der Waals surface area contributed by atoms with E-state index in [0.29, 0.717) is 5.88 Å². The van der Waals surface area contributed by atoms with Crippen molar-refractivity contribution in [1.29, 1.82) is 0 Å². The lowest BCUT2D eigenvalue weighted by Gasteiger charge is -2.00. The molecule has 0 saturated heterocycles. The molecule has 0 radical (unpaired) electrons. The van der Waals surface area contributed by atoms with Gasteiger partial charge in [0.25, 0.3) is 0 Å². The maximum atomic E-state index is 5.19. The highest BCUT2D eigenvalue weighted by molar-refractivity contribution is 5.91. The van der Waals surface area contributed by atoms with E-state index in [1.165, 1.54) is 5.69 Å². The quantitative estimate of drug-likeness (QED) is 0.687. The van der Waals surface area contributed by atoms with Crippen molar-refractivity contribution >= 4 is 10.8 Å². The Balaban J connectivity index is 2.94. The predicted molar refractivity (Wildman–Crippen MR) is 54.5 cm³/mol. The molecule has 0 N–H and O–H groups in total. The van der Waals surface area contributed by atoms with Crippen LogP contribution in [0.5, 0.6) is 5.88 Å². The molecule has 74 valence electrons. The fraction of sp³-hybridized carbons (Fsp3) is 0.400. The van der Waals surface area contributed by atoms with Crippen molar-refractivity contribution in [3.8, 4) is 5.88 Å². The zero-order valence-electron chi connectivity index (χ0n) is 8.83. The summed E-state index contributed by atoms with van der Waals surface area (Å²) in [6.45, 7) is 4.12. The molecule has 0 unspecified atom stereocenters. The number of hydrogen-bond donors (Lipinski definition) is 0. The molecule has 4 nitrogen and oxygen atoms in total. The Bertz CT molecular complexity index is 488. The van der Waals surface area contributed by atoms with Crippen molar-refractivity contribution in [3.05, 3.63) is 17.6 Å². The lowest BCUT2D eigenvalue weighted by Crippen LogP contribution is -1.93. The smallest absolute Gasteiger partial charge is 0.242 e. The van der Waals surface area contributed by atoms with Crippen LogP contribution in [-0.2, 0) is 7.05 Å². The van der Waals surface area contributed by atoms with E-state index >= 15 is 0 Å². The molecule has 0 bridgehead atoms. The largest absolute Gasteiger partial charge is 0.479 e. The summed E-state index contributed by atoms with van der Waals surface area (Å²) < 4.78 is 7.31. The van der Waals surface area contributed by atoms with E-state index in [2.05, 4.69) is 28.6 Å². The van der Waals surface area contributed by atoms with Gasteiger partial charge in [0.2, 0.25) is 5.88 Å². The number of ether oxygens (including phenoxy) is 1. The van der Waals surface area contributed by atoms with Gasteiger partial charge in [-0.25, -0.2) is 0 Å². The van der Waals surface area contributed by atoms with Gasteiger partial charge in [0, 0.05) is 23.8 Å². The molecular weight excluding hydrogens is 178 g/mol. The van der Waals surface area contributed by atoms with Gasteiger partial charge < -0.3 is 9.30 Å². The van der Waals surface area contributed by atoms with Crippen LogP contribution >= 0.6 is 0 Å². The molecule has 0 aliphatic rings. The Morgan fingerprint density at radius 3 is 2.64 bits per heavy atom. The number of aromatic nitrogens is 3. The van der Waals surface area contributed by atoms with E-state index in [-0.39, 0.29) is 0 Å². The predicted octanol–water partition coefficient (Wildman–Crippen LogP) is 1.59. The minimum atomic E-state index is 0.601. The minimum Gasteiger partial charge on any atom is -0.479 e. The first-order chi connectivity index (χ1) is 6.66. The molecule has 0 saturated carbocycles. The highest BCUT2D eigenvalue weighted by atomic mass is 16.5. The van der Waals surface area contributed by atoms with Crippen molar-refractivity contribution in [3.63, 3.8) is 0 Å². The lowest BCUT2D eigenvalue weighted by atomic mass is 10.2. The van der Waals surface area contributed by atoms with Crippen LogP contribution in [0, 0.1) is 13.8 Å². The zero-order valence-corrected chi connectivity index (χ0v) is 8.83. The molecule has 0 aliphatic heterocycles. The number of nitrogens with zero attached hydrogens (tertiary/aromatic N) is 3. The third-order valence-corrected chi connectivity index (χ3v) is 2.77. The van der Waals surface area contributed by atoms with E-state index in [9.17, 15) is 0 Å². The van der Waals surface area contributed by atoms with Crippen LogP contribution in [0.25, 0.3) is 10.8 Å². The number of methoxy groups -OCH3 is 1. The highest BCUT2D eigenvalue weighted by Crippen LogP contribution is 2.29. The fourth-order valence-electron chi connectivity index (χ4n) is 1.74. The van der Waals surface area contributed by atoms with E-state index in [1.54, 1.807) is 13.3 Å². The number of rotatable bonds is 1. The molecule has 0 atom stereocenters. The molecule has 2 rings (SSSR count). The summed E-state index contributed by atoms with van der Waals surface area (Å²) in [4.78, 5) is 0. The van der Waals surface area contributed by atoms with E-state index in [0.717, 1.165) is 16.5 Å². The van der Waals surface area contributed by atoms with Crippen LogP contribution < -0.4 is 4.74 Å². The maximum absolute atomic E-state index is 5.19. The Morgan fingerprint density at radius 1 is 1.29 bits per heavy atom. The number of aryl methyl sites for hydroxylation is 2. The maximum Gasteiger partial charge on any atom is 0.242 e. The molecule has 0 spiro atoms. The van der Waals surface area contributed by atoms with Crippen LogP contribution in [-0.4, -0.2) is 21.9 Å². The molecule has 0 amide bonds. The second-order valence-electron chi connectivity index (χ2n) is 3.37. The van der Waals surface area contributed by atoms with Crippen molar-refractivity contribution in [1.82, 2.24) is 14.8 Å². The highest BCUT2D eigenvalue weighted by Gasteiger charge is 2.13. The molecule has 2 aromatic rings. The minimum absolute atomic E-state index is 0.601. The van der Waals surface area contributed by atoms with Crippen molar-refractivity contribution < 1.29 is 4.74 Å². The number of hydrogen-bond acceptors (Lipinski definition) is 3. The first-order valence-corrected chi connectivity index (χ1v) is 4.48. The van der Waals surface area contributed by atoms with E-state index in [4.69, 9.17) is 4.74 Å². The topological polar surface area (TPSA) is 39.9 Å². The normalized spacial score (nSPS) is 10.9. The average Bonchev–Trinajstić information content (AvgIpc) is 2.44. The molecule has 2 heterocycles. The third kappa shape index (κ3) is 0.999. The van der Waals surface area contributed by atoms with Crippen LogP contribution in [0.3, 0.4) is 0 Å². The summed E-state index contributed by atoms with van der Waals surface area (Å²) in [7, 11) is 3.65. The second-order valence-corrected chi connectivity index (χ2v) is 3.37. The van der Waals surface area contributed by atoms with Gasteiger partial charge >= 0.3 is 0 Å². The Kier molecular flexibility index (Phi) is 1.91. The summed E-state index contributed by atoms with van der Waals surface area (Å²) in [6.07, 6.45) is 1.78. The van der Waals surface area contributed by atoms with Crippen LogP contribution in [0.4, 0.5) is 0 Å². The zero-order chi connectivity index (χ0) is 10.3. The first-order valence-electron chi connectivity index (χ1n) is 4.48. The van der Waals surface area contributed by atoms with Gasteiger partial charge in [-0.1, -0.05) is 0 Å². The molecule has 0 aromatic carbocycles. The second kappa shape index (κ2) is 2.97. The van der Waals surface area contributed by atoms with Crippen LogP contribution in [0.1, 0.15) is 11.4 Å². The van der Waals surface area contributed by atoms with Crippen molar-refractivity contribution in [2.75, 3.05) is 7.11 Å². The first kappa shape index (κ1) is 8.99. The monoisotopic (exact) mass is 191 g/mol. The Hall–Kier alpha value is -1.58. The molecule has 4 heteroatoms. The van der Waals surface area contributed by atoms with Gasteiger partial charge in [0.1, 0.15) is 0 Å². The summed E-state index contributed by atoms with van der Waals surface area (Å²) >= 11 is 0. The SMILES string of the molecule is COc1nncc2c(C)n(C)c(C)c12.